The van der Waals surface area contributed by atoms with Crippen molar-refractivity contribution in [2.75, 3.05) is 17.2 Å². The summed E-state index contributed by atoms with van der Waals surface area (Å²) in [6.45, 7) is 8.64. The van der Waals surface area contributed by atoms with Crippen LogP contribution >= 0.6 is 0 Å². The third-order valence-corrected chi connectivity index (χ3v) is 3.40. The third-order valence-electron chi connectivity index (χ3n) is 3.40. The molecule has 6 heteroatoms. The highest BCUT2D eigenvalue weighted by atomic mass is 16.5. The molecule has 1 amide bonds. The van der Waals surface area contributed by atoms with Gasteiger partial charge in [0, 0.05) is 12.2 Å². The SMILES string of the molecule is CCCCNc1nc(C)cc(C(=O)Nc2ccccc2OC(C)C)n1. The fourth-order valence-electron chi connectivity index (χ4n) is 2.25. The van der Waals surface area contributed by atoms with Gasteiger partial charge in [-0.3, -0.25) is 4.79 Å². The number of ether oxygens (including phenoxy) is 1. The number of carbonyl (C=O) groups is 1. The van der Waals surface area contributed by atoms with E-state index in [9.17, 15) is 4.79 Å². The monoisotopic (exact) mass is 342 g/mol. The first-order valence-electron chi connectivity index (χ1n) is 8.66. The Morgan fingerprint density at radius 2 is 2.00 bits per heavy atom. The number of benzene rings is 1. The molecule has 0 saturated heterocycles. The minimum absolute atomic E-state index is 0.0220. The van der Waals surface area contributed by atoms with Crippen molar-refractivity contribution < 1.29 is 9.53 Å². The van der Waals surface area contributed by atoms with Crippen LogP contribution < -0.4 is 15.4 Å². The van der Waals surface area contributed by atoms with Crippen LogP contribution in [0.2, 0.25) is 0 Å². The van der Waals surface area contributed by atoms with Crippen LogP contribution in [0.1, 0.15) is 49.8 Å². The molecule has 0 atom stereocenters. The first-order valence-corrected chi connectivity index (χ1v) is 8.66. The van der Waals surface area contributed by atoms with Gasteiger partial charge in [-0.1, -0.05) is 25.5 Å². The van der Waals surface area contributed by atoms with Crippen LogP contribution in [0, 0.1) is 6.92 Å². The van der Waals surface area contributed by atoms with Gasteiger partial charge in [0.25, 0.3) is 5.91 Å². The topological polar surface area (TPSA) is 76.1 Å². The van der Waals surface area contributed by atoms with Crippen LogP contribution in [0.25, 0.3) is 0 Å². The van der Waals surface area contributed by atoms with Crippen molar-refractivity contribution >= 4 is 17.5 Å². The summed E-state index contributed by atoms with van der Waals surface area (Å²) < 4.78 is 5.74. The normalized spacial score (nSPS) is 10.6. The zero-order chi connectivity index (χ0) is 18.2. The van der Waals surface area contributed by atoms with Gasteiger partial charge in [0.05, 0.1) is 11.8 Å². The van der Waals surface area contributed by atoms with E-state index in [1.807, 2.05) is 45.0 Å². The van der Waals surface area contributed by atoms with E-state index < -0.39 is 0 Å². The number of anilines is 2. The summed E-state index contributed by atoms with van der Waals surface area (Å²) in [6, 6.07) is 9.04. The Bertz CT molecular complexity index is 716. The molecule has 6 nitrogen and oxygen atoms in total. The molecule has 2 rings (SSSR count). The summed E-state index contributed by atoms with van der Waals surface area (Å²) in [6.07, 6.45) is 2.13. The Morgan fingerprint density at radius 3 is 2.72 bits per heavy atom. The minimum atomic E-state index is -0.288. The molecule has 0 spiro atoms. The number of aromatic nitrogens is 2. The molecule has 0 fully saturated rings. The quantitative estimate of drug-likeness (QED) is 0.708. The predicted octanol–water partition coefficient (Wildman–Crippen LogP) is 4.04. The van der Waals surface area contributed by atoms with Gasteiger partial charge in [0.2, 0.25) is 5.95 Å². The maximum Gasteiger partial charge on any atom is 0.274 e. The number of carbonyl (C=O) groups excluding carboxylic acids is 1. The molecular weight excluding hydrogens is 316 g/mol. The number of nitrogens with one attached hydrogen (secondary N) is 2. The van der Waals surface area contributed by atoms with Gasteiger partial charge in [-0.05, 0) is 45.4 Å². The molecule has 2 N–H and O–H groups in total. The fourth-order valence-corrected chi connectivity index (χ4v) is 2.25. The lowest BCUT2D eigenvalue weighted by Crippen LogP contribution is -2.17. The zero-order valence-electron chi connectivity index (χ0n) is 15.3. The lowest BCUT2D eigenvalue weighted by molar-refractivity contribution is 0.102. The Morgan fingerprint density at radius 1 is 1.24 bits per heavy atom. The van der Waals surface area contributed by atoms with E-state index in [1.165, 1.54) is 0 Å². The van der Waals surface area contributed by atoms with Crippen LogP contribution in [0.3, 0.4) is 0 Å². The number of unbranched alkanes of at least 4 members (excludes halogenated alkanes) is 1. The van der Waals surface area contributed by atoms with Crippen molar-refractivity contribution in [2.45, 2.75) is 46.6 Å². The van der Waals surface area contributed by atoms with Gasteiger partial charge in [0.1, 0.15) is 11.4 Å². The van der Waals surface area contributed by atoms with Gasteiger partial charge >= 0.3 is 0 Å². The van der Waals surface area contributed by atoms with Gasteiger partial charge in [-0.15, -0.1) is 0 Å². The first-order chi connectivity index (χ1) is 12.0. The molecule has 25 heavy (non-hydrogen) atoms. The molecular formula is C19H26N4O2. The van der Waals surface area contributed by atoms with Gasteiger partial charge in [0.15, 0.2) is 0 Å². The molecule has 0 bridgehead atoms. The van der Waals surface area contributed by atoms with Crippen molar-refractivity contribution in [1.29, 1.82) is 0 Å². The summed E-state index contributed by atoms with van der Waals surface area (Å²) >= 11 is 0. The molecule has 0 unspecified atom stereocenters. The van der Waals surface area contributed by atoms with E-state index in [0.717, 1.165) is 25.1 Å². The van der Waals surface area contributed by atoms with Crippen molar-refractivity contribution in [3.8, 4) is 5.75 Å². The van der Waals surface area contributed by atoms with E-state index in [4.69, 9.17) is 4.74 Å². The van der Waals surface area contributed by atoms with Gasteiger partial charge < -0.3 is 15.4 Å². The molecule has 0 aliphatic heterocycles. The summed E-state index contributed by atoms with van der Waals surface area (Å²) in [7, 11) is 0. The molecule has 1 aromatic heterocycles. The Kier molecular flexibility index (Phi) is 6.74. The zero-order valence-corrected chi connectivity index (χ0v) is 15.3. The highest BCUT2D eigenvalue weighted by molar-refractivity contribution is 6.03. The van der Waals surface area contributed by atoms with E-state index in [-0.39, 0.29) is 12.0 Å². The summed E-state index contributed by atoms with van der Waals surface area (Å²) in [5, 5.41) is 6.03. The van der Waals surface area contributed by atoms with E-state index >= 15 is 0 Å². The summed E-state index contributed by atoms with van der Waals surface area (Å²) in [5.74, 6) is 0.826. The summed E-state index contributed by atoms with van der Waals surface area (Å²) in [5.41, 5.74) is 1.69. The molecule has 0 saturated carbocycles. The van der Waals surface area contributed by atoms with Crippen LogP contribution in [-0.2, 0) is 0 Å². The Labute approximate surface area is 149 Å². The van der Waals surface area contributed by atoms with Gasteiger partial charge in [-0.2, -0.15) is 0 Å². The second-order valence-corrected chi connectivity index (χ2v) is 6.12. The fraction of sp³-hybridized carbons (Fsp3) is 0.421. The van der Waals surface area contributed by atoms with Crippen molar-refractivity contribution in [1.82, 2.24) is 9.97 Å². The molecule has 134 valence electrons. The Balaban J connectivity index is 2.15. The second-order valence-electron chi connectivity index (χ2n) is 6.12. The van der Waals surface area contributed by atoms with E-state index in [0.29, 0.717) is 23.1 Å². The molecule has 0 aliphatic rings. The lowest BCUT2D eigenvalue weighted by atomic mass is 10.2. The van der Waals surface area contributed by atoms with Crippen LogP contribution in [0.15, 0.2) is 30.3 Å². The molecule has 1 heterocycles. The van der Waals surface area contributed by atoms with Crippen molar-refractivity contribution in [3.05, 3.63) is 41.7 Å². The molecule has 1 aromatic carbocycles. The number of amides is 1. The first kappa shape index (κ1) is 18.7. The maximum atomic E-state index is 12.6. The number of hydrogen-bond acceptors (Lipinski definition) is 5. The molecule has 0 aliphatic carbocycles. The number of hydrogen-bond donors (Lipinski definition) is 2. The van der Waals surface area contributed by atoms with Crippen molar-refractivity contribution in [3.63, 3.8) is 0 Å². The maximum absolute atomic E-state index is 12.6. The van der Waals surface area contributed by atoms with Gasteiger partial charge in [-0.25, -0.2) is 9.97 Å². The smallest absolute Gasteiger partial charge is 0.274 e. The minimum Gasteiger partial charge on any atom is -0.489 e. The third kappa shape index (κ3) is 5.74. The highest BCUT2D eigenvalue weighted by Crippen LogP contribution is 2.25. The largest absolute Gasteiger partial charge is 0.489 e. The lowest BCUT2D eigenvalue weighted by Gasteiger charge is -2.15. The highest BCUT2D eigenvalue weighted by Gasteiger charge is 2.13. The average Bonchev–Trinajstić information content (AvgIpc) is 2.56. The number of rotatable bonds is 8. The molecule has 0 radical (unpaired) electrons. The average molecular weight is 342 g/mol. The van der Waals surface area contributed by atoms with Crippen LogP contribution in [0.5, 0.6) is 5.75 Å². The number of aryl methyl sites for hydroxylation is 1. The van der Waals surface area contributed by atoms with E-state index in [1.54, 1.807) is 6.07 Å². The molecule has 2 aromatic rings. The predicted molar refractivity (Wildman–Crippen MR) is 100 cm³/mol. The standard InChI is InChI=1S/C19H26N4O2/c1-5-6-11-20-19-21-14(4)12-16(23-19)18(24)22-15-9-7-8-10-17(15)25-13(2)3/h7-10,12-13H,5-6,11H2,1-4H3,(H,22,24)(H,20,21,23). The van der Waals surface area contributed by atoms with Crippen LogP contribution in [0.4, 0.5) is 11.6 Å². The number of nitrogens with zero attached hydrogens (tertiary/aromatic N) is 2. The van der Waals surface area contributed by atoms with E-state index in [2.05, 4.69) is 27.5 Å². The van der Waals surface area contributed by atoms with Crippen LogP contribution in [-0.4, -0.2) is 28.5 Å². The number of para-hydroxylation sites is 2. The van der Waals surface area contributed by atoms with Crippen molar-refractivity contribution in [2.24, 2.45) is 0 Å². The Hall–Kier alpha value is -2.63. The second kappa shape index (κ2) is 9.01. The summed E-state index contributed by atoms with van der Waals surface area (Å²) in [4.78, 5) is 21.2.